The van der Waals surface area contributed by atoms with Crippen LogP contribution in [0.5, 0.6) is 0 Å². The van der Waals surface area contributed by atoms with Crippen molar-refractivity contribution in [3.63, 3.8) is 0 Å². The smallest absolute Gasteiger partial charge is 0.0198 e. The largest absolute Gasteiger partial charge is 0.305 e. The van der Waals surface area contributed by atoms with Crippen molar-refractivity contribution in [2.24, 2.45) is 0 Å². The number of benzene rings is 4. The van der Waals surface area contributed by atoms with Gasteiger partial charge in [-0.15, -0.1) is 64.7 Å². The Morgan fingerprint density at radius 3 is 1.93 bits per heavy atom. The molecule has 0 saturated carbocycles. The Morgan fingerprint density at radius 2 is 1.30 bits per heavy atom. The van der Waals surface area contributed by atoms with Gasteiger partial charge in [0.15, 0.2) is 0 Å². The second kappa shape index (κ2) is 12.7. The van der Waals surface area contributed by atoms with Crippen molar-refractivity contribution in [3.05, 3.63) is 144 Å². The Balaban J connectivity index is 0.000000182. The Bertz CT molecular complexity index is 1900. The topological polar surface area (TPSA) is 25.8 Å². The van der Waals surface area contributed by atoms with Crippen molar-refractivity contribution in [3.8, 4) is 33.6 Å². The molecule has 3 heteroatoms. The van der Waals surface area contributed by atoms with E-state index in [-0.39, 0.29) is 36.4 Å². The number of hydrogen-bond donors (Lipinski definition) is 0. The van der Waals surface area contributed by atoms with E-state index in [1.165, 1.54) is 44.2 Å². The first-order chi connectivity index (χ1) is 21.4. The van der Waals surface area contributed by atoms with Crippen LogP contribution in [0.1, 0.15) is 77.6 Å². The Labute approximate surface area is 288 Å². The van der Waals surface area contributed by atoms with E-state index in [1.54, 1.807) is 0 Å². The Morgan fingerprint density at radius 1 is 0.609 bits per heavy atom. The number of nitrogens with zero attached hydrogens (tertiary/aromatic N) is 2. The fourth-order valence-corrected chi connectivity index (χ4v) is 6.43. The maximum atomic E-state index is 4.59. The van der Waals surface area contributed by atoms with E-state index < -0.39 is 0 Å². The number of hydrogen-bond acceptors (Lipinski definition) is 2. The van der Waals surface area contributed by atoms with Crippen molar-refractivity contribution >= 4 is 10.8 Å². The van der Waals surface area contributed by atoms with Gasteiger partial charge in [0, 0.05) is 32.5 Å². The van der Waals surface area contributed by atoms with E-state index in [0.717, 1.165) is 22.5 Å². The molecule has 0 bridgehead atoms. The molecule has 1 radical (unpaired) electrons. The van der Waals surface area contributed by atoms with E-state index in [1.807, 2.05) is 30.6 Å². The molecule has 0 fully saturated rings. The number of rotatable bonds is 2. The first-order valence-electron chi connectivity index (χ1n) is 15.8. The van der Waals surface area contributed by atoms with Gasteiger partial charge in [0.05, 0.1) is 0 Å². The molecule has 2 aromatic heterocycles. The summed E-state index contributed by atoms with van der Waals surface area (Å²) in [5.41, 5.74) is 12.3. The second-order valence-electron chi connectivity index (χ2n) is 14.6. The number of aromatic nitrogens is 2. The minimum Gasteiger partial charge on any atom is -0.305 e. The standard InChI is InChI=1S/C24H18N.C19H24N.Ir/c1-24(2)22-17-9-4-3-8-16(17)13-14-19(22)18-10-7-11-20(23(18)24)21-12-5-6-15-25-21;1-18(2,3)15-9-7-14(8-10-15)17-12-11-16(13-20-17)19(4,5)6;/h3-10,12-15H,1-2H3;7,9-13H,1-6H3;/q2*-1;. The number of fused-ring (bicyclic) bond motifs is 5. The van der Waals surface area contributed by atoms with Gasteiger partial charge >= 0.3 is 0 Å². The van der Waals surface area contributed by atoms with Crippen LogP contribution in [-0.2, 0) is 36.4 Å². The van der Waals surface area contributed by atoms with Gasteiger partial charge in [-0.2, -0.15) is 0 Å². The molecule has 4 aromatic carbocycles. The van der Waals surface area contributed by atoms with E-state index in [4.69, 9.17) is 0 Å². The molecule has 1 aliphatic carbocycles. The molecule has 0 aliphatic heterocycles. The second-order valence-corrected chi connectivity index (χ2v) is 14.6. The monoisotopic (exact) mass is 779 g/mol. The van der Waals surface area contributed by atoms with E-state index in [0.29, 0.717) is 0 Å². The molecule has 0 N–H and O–H groups in total. The van der Waals surface area contributed by atoms with E-state index in [2.05, 4.69) is 156 Å². The van der Waals surface area contributed by atoms with Gasteiger partial charge in [-0.3, -0.25) is 0 Å². The molecule has 1 aliphatic rings. The summed E-state index contributed by atoms with van der Waals surface area (Å²) in [6.07, 6.45) is 3.83. The van der Waals surface area contributed by atoms with Gasteiger partial charge in [0.25, 0.3) is 0 Å². The van der Waals surface area contributed by atoms with Crippen LogP contribution < -0.4 is 0 Å². The normalized spacial score (nSPS) is 13.2. The SMILES string of the molecule is CC(C)(C)c1c[c-]c(-c2ccc(C(C)(C)C)cn2)cc1.CC1(C)c2c(-c3ccccn3)[c-]ccc2-c2ccc3ccccc3c21.[Ir]. The van der Waals surface area contributed by atoms with Crippen molar-refractivity contribution in [1.82, 2.24) is 9.97 Å². The molecule has 2 heterocycles. The summed E-state index contributed by atoms with van der Waals surface area (Å²) in [6, 6.07) is 40.9. The predicted molar refractivity (Wildman–Crippen MR) is 189 cm³/mol. The molecule has 7 rings (SSSR count). The predicted octanol–water partition coefficient (Wildman–Crippen LogP) is 11.1. The van der Waals surface area contributed by atoms with Crippen LogP contribution in [0.2, 0.25) is 0 Å². The van der Waals surface area contributed by atoms with Crippen molar-refractivity contribution in [1.29, 1.82) is 0 Å². The molecule has 46 heavy (non-hydrogen) atoms. The fraction of sp³-hybridized carbons (Fsp3) is 0.256. The van der Waals surface area contributed by atoms with Gasteiger partial charge in [-0.1, -0.05) is 122 Å². The van der Waals surface area contributed by atoms with Crippen LogP contribution in [0.25, 0.3) is 44.4 Å². The minimum absolute atomic E-state index is 0. The summed E-state index contributed by atoms with van der Waals surface area (Å²) in [4.78, 5) is 9.16. The summed E-state index contributed by atoms with van der Waals surface area (Å²) >= 11 is 0. The summed E-state index contributed by atoms with van der Waals surface area (Å²) in [5.74, 6) is 0. The third-order valence-electron chi connectivity index (χ3n) is 8.97. The molecule has 0 saturated heterocycles. The van der Waals surface area contributed by atoms with Gasteiger partial charge in [-0.05, 0) is 61.2 Å². The molecule has 2 nitrogen and oxygen atoms in total. The summed E-state index contributed by atoms with van der Waals surface area (Å²) in [5, 5.41) is 2.64. The summed E-state index contributed by atoms with van der Waals surface area (Å²) < 4.78 is 0. The molecular weight excluding hydrogens is 737 g/mol. The average Bonchev–Trinajstić information content (AvgIpc) is 3.28. The molecule has 0 amide bonds. The van der Waals surface area contributed by atoms with Crippen LogP contribution in [0.15, 0.2) is 109 Å². The zero-order valence-corrected chi connectivity index (χ0v) is 30.5. The molecular formula is C43H42IrN2-2. The Hall–Kier alpha value is -3.91. The van der Waals surface area contributed by atoms with Crippen LogP contribution >= 0.6 is 0 Å². The van der Waals surface area contributed by atoms with Gasteiger partial charge in [0.2, 0.25) is 0 Å². The zero-order valence-electron chi connectivity index (χ0n) is 28.1. The summed E-state index contributed by atoms with van der Waals surface area (Å²) in [6.45, 7) is 17.9. The first kappa shape index (κ1) is 33.5. The molecule has 0 spiro atoms. The van der Waals surface area contributed by atoms with Crippen LogP contribution in [-0.4, -0.2) is 9.97 Å². The van der Waals surface area contributed by atoms with Crippen molar-refractivity contribution in [2.45, 2.75) is 71.6 Å². The van der Waals surface area contributed by atoms with Crippen molar-refractivity contribution < 1.29 is 20.1 Å². The molecule has 6 aromatic rings. The zero-order chi connectivity index (χ0) is 32.0. The fourth-order valence-electron chi connectivity index (χ4n) is 6.43. The minimum atomic E-state index is -0.0872. The van der Waals surface area contributed by atoms with Crippen molar-refractivity contribution in [2.75, 3.05) is 0 Å². The Kier molecular flexibility index (Phi) is 9.24. The van der Waals surface area contributed by atoms with E-state index >= 15 is 0 Å². The quantitative estimate of drug-likeness (QED) is 0.164. The third-order valence-corrected chi connectivity index (χ3v) is 8.97. The molecule has 0 atom stereocenters. The van der Waals surface area contributed by atoms with Crippen LogP contribution in [0.4, 0.5) is 0 Å². The first-order valence-corrected chi connectivity index (χ1v) is 15.8. The average molecular weight is 779 g/mol. The van der Waals surface area contributed by atoms with Gasteiger partial charge in [-0.25, -0.2) is 0 Å². The maximum absolute atomic E-state index is 4.59. The van der Waals surface area contributed by atoms with Gasteiger partial charge in [0.1, 0.15) is 0 Å². The van der Waals surface area contributed by atoms with Gasteiger partial charge < -0.3 is 9.97 Å². The van der Waals surface area contributed by atoms with Crippen LogP contribution in [0.3, 0.4) is 0 Å². The molecule has 235 valence electrons. The third kappa shape index (κ3) is 6.37. The van der Waals surface area contributed by atoms with Crippen LogP contribution in [0, 0.1) is 12.1 Å². The molecule has 0 unspecified atom stereocenters. The maximum Gasteiger partial charge on any atom is 0.0198 e. The number of pyridine rings is 2. The summed E-state index contributed by atoms with van der Waals surface area (Å²) in [7, 11) is 0. The van der Waals surface area contributed by atoms with E-state index in [9.17, 15) is 0 Å².